The lowest BCUT2D eigenvalue weighted by atomic mass is 9.99. The fourth-order valence-corrected chi connectivity index (χ4v) is 5.37. The molecule has 1 fully saturated rings. The fourth-order valence-electron chi connectivity index (χ4n) is 2.42. The zero-order valence-corrected chi connectivity index (χ0v) is 13.1. The molecule has 0 radical (unpaired) electrons. The Balaban J connectivity index is 2.25. The van der Waals surface area contributed by atoms with Gasteiger partial charge in [-0.05, 0) is 31.3 Å². The molecule has 2 rings (SSSR count). The third-order valence-electron chi connectivity index (χ3n) is 3.51. The average Bonchev–Trinajstić information content (AvgIpc) is 2.87. The Kier molecular flexibility index (Phi) is 4.96. The lowest BCUT2D eigenvalue weighted by molar-refractivity contribution is -0.182. The number of sulfonamides is 1. The summed E-state index contributed by atoms with van der Waals surface area (Å²) >= 11 is 1.28. The summed E-state index contributed by atoms with van der Waals surface area (Å²) in [6, 6.07) is 1.46. The van der Waals surface area contributed by atoms with Gasteiger partial charge in [-0.25, -0.2) is 8.42 Å². The Bertz CT molecular complexity index is 584. The van der Waals surface area contributed by atoms with Gasteiger partial charge in [0.25, 0.3) is 0 Å². The van der Waals surface area contributed by atoms with E-state index in [2.05, 4.69) is 5.32 Å². The zero-order chi connectivity index (χ0) is 15.7. The molecule has 1 unspecified atom stereocenters. The lowest BCUT2D eigenvalue weighted by Gasteiger charge is -2.32. The molecule has 120 valence electrons. The molecule has 1 N–H and O–H groups in total. The number of hydrogen-bond donors (Lipinski definition) is 1. The Hall–Kier alpha value is -0.640. The molecule has 1 aromatic heterocycles. The summed E-state index contributed by atoms with van der Waals surface area (Å²) in [6.07, 6.45) is -4.13. The highest BCUT2D eigenvalue weighted by atomic mass is 32.2. The number of nitrogens with one attached hydrogen (secondary N) is 1. The number of nitrogens with zero attached hydrogens (tertiary/aromatic N) is 1. The highest BCUT2D eigenvalue weighted by Gasteiger charge is 2.44. The van der Waals surface area contributed by atoms with Crippen LogP contribution in [0.5, 0.6) is 0 Å². The van der Waals surface area contributed by atoms with Gasteiger partial charge in [-0.3, -0.25) is 0 Å². The number of hydrogen-bond acceptors (Lipinski definition) is 4. The van der Waals surface area contributed by atoms with Crippen molar-refractivity contribution in [2.75, 3.05) is 20.1 Å². The molecule has 1 aliphatic heterocycles. The molecule has 0 aromatic carbocycles. The standard InChI is InChI=1S/C12H17F3N2O2S2/c1-16-7-10-11(4-6-20-10)21(18,19)17-5-2-3-9(8-17)12(13,14)15/h4,6,9,16H,2-3,5,7-8H2,1H3. The van der Waals surface area contributed by atoms with Crippen LogP contribution in [0.15, 0.2) is 16.3 Å². The highest BCUT2D eigenvalue weighted by Crippen LogP contribution is 2.35. The van der Waals surface area contributed by atoms with E-state index in [1.807, 2.05) is 0 Å². The van der Waals surface area contributed by atoms with Crippen molar-refractivity contribution in [3.63, 3.8) is 0 Å². The molecule has 21 heavy (non-hydrogen) atoms. The van der Waals surface area contributed by atoms with Crippen molar-refractivity contribution in [2.24, 2.45) is 5.92 Å². The second-order valence-electron chi connectivity index (χ2n) is 4.98. The smallest absolute Gasteiger partial charge is 0.315 e. The summed E-state index contributed by atoms with van der Waals surface area (Å²) in [7, 11) is -2.17. The molecule has 4 nitrogen and oxygen atoms in total. The lowest BCUT2D eigenvalue weighted by Crippen LogP contribution is -2.44. The zero-order valence-electron chi connectivity index (χ0n) is 11.5. The van der Waals surface area contributed by atoms with E-state index in [0.717, 1.165) is 4.31 Å². The second-order valence-corrected chi connectivity index (χ2v) is 7.89. The summed E-state index contributed by atoms with van der Waals surface area (Å²) < 4.78 is 64.5. The molecule has 1 aromatic rings. The summed E-state index contributed by atoms with van der Waals surface area (Å²) in [4.78, 5) is 0.733. The maximum Gasteiger partial charge on any atom is 0.393 e. The molecule has 9 heteroatoms. The molecule has 1 aliphatic rings. The molecule has 0 amide bonds. The number of piperidine rings is 1. The van der Waals surface area contributed by atoms with Crippen molar-refractivity contribution in [2.45, 2.75) is 30.5 Å². The van der Waals surface area contributed by atoms with E-state index in [1.54, 1.807) is 12.4 Å². The average molecular weight is 342 g/mol. The monoisotopic (exact) mass is 342 g/mol. The van der Waals surface area contributed by atoms with E-state index in [9.17, 15) is 21.6 Å². The van der Waals surface area contributed by atoms with E-state index in [-0.39, 0.29) is 24.3 Å². The largest absolute Gasteiger partial charge is 0.393 e. The molecule has 0 bridgehead atoms. The summed E-state index contributed by atoms with van der Waals surface area (Å²) in [6.45, 7) is 0.0349. The van der Waals surface area contributed by atoms with Crippen LogP contribution in [0.4, 0.5) is 13.2 Å². The van der Waals surface area contributed by atoms with Gasteiger partial charge in [0.15, 0.2) is 0 Å². The third-order valence-corrected chi connectivity index (χ3v) is 6.51. The van der Waals surface area contributed by atoms with Crippen LogP contribution in [0, 0.1) is 5.92 Å². The molecule has 1 saturated heterocycles. The number of rotatable bonds is 4. The van der Waals surface area contributed by atoms with Gasteiger partial charge >= 0.3 is 6.18 Å². The highest BCUT2D eigenvalue weighted by molar-refractivity contribution is 7.89. The van der Waals surface area contributed by atoms with Gasteiger partial charge in [-0.15, -0.1) is 11.3 Å². The van der Waals surface area contributed by atoms with Gasteiger partial charge in [0.2, 0.25) is 10.0 Å². The Morgan fingerprint density at radius 3 is 2.81 bits per heavy atom. The maximum absolute atomic E-state index is 12.8. The minimum absolute atomic E-state index is 0.0114. The molecule has 1 atom stereocenters. The molecule has 0 saturated carbocycles. The quantitative estimate of drug-likeness (QED) is 0.914. The third kappa shape index (κ3) is 3.58. The Morgan fingerprint density at radius 2 is 2.19 bits per heavy atom. The molecular weight excluding hydrogens is 325 g/mol. The van der Waals surface area contributed by atoms with Gasteiger partial charge < -0.3 is 5.32 Å². The van der Waals surface area contributed by atoms with Crippen LogP contribution in [0.1, 0.15) is 17.7 Å². The van der Waals surface area contributed by atoms with Gasteiger partial charge in [0.05, 0.1) is 10.8 Å². The topological polar surface area (TPSA) is 49.4 Å². The first-order valence-electron chi connectivity index (χ1n) is 6.54. The van der Waals surface area contributed by atoms with Gasteiger partial charge in [-0.2, -0.15) is 17.5 Å². The van der Waals surface area contributed by atoms with E-state index in [0.29, 0.717) is 11.4 Å². The van der Waals surface area contributed by atoms with Crippen molar-refractivity contribution in [1.82, 2.24) is 9.62 Å². The Labute approximate surface area is 126 Å². The van der Waals surface area contributed by atoms with Crippen LogP contribution in [0.2, 0.25) is 0 Å². The van der Waals surface area contributed by atoms with Crippen LogP contribution >= 0.6 is 11.3 Å². The van der Waals surface area contributed by atoms with Crippen LogP contribution in [-0.4, -0.2) is 39.0 Å². The van der Waals surface area contributed by atoms with Gasteiger partial charge in [0, 0.05) is 24.5 Å². The summed E-state index contributed by atoms with van der Waals surface area (Å²) in [5.41, 5.74) is 0. The predicted molar refractivity (Wildman–Crippen MR) is 74.6 cm³/mol. The van der Waals surface area contributed by atoms with Crippen molar-refractivity contribution in [3.05, 3.63) is 16.3 Å². The minimum atomic E-state index is -4.35. The minimum Gasteiger partial charge on any atom is -0.315 e. The van der Waals surface area contributed by atoms with Crippen molar-refractivity contribution < 1.29 is 21.6 Å². The molecule has 0 spiro atoms. The number of halogens is 3. The first-order chi connectivity index (χ1) is 9.76. The summed E-state index contributed by atoms with van der Waals surface area (Å²) in [5, 5.41) is 4.51. The van der Waals surface area contributed by atoms with E-state index in [4.69, 9.17) is 0 Å². The first kappa shape index (κ1) is 16.7. The van der Waals surface area contributed by atoms with E-state index in [1.165, 1.54) is 17.4 Å². The van der Waals surface area contributed by atoms with Crippen molar-refractivity contribution >= 4 is 21.4 Å². The van der Waals surface area contributed by atoms with Crippen LogP contribution in [-0.2, 0) is 16.6 Å². The van der Waals surface area contributed by atoms with Crippen LogP contribution in [0.3, 0.4) is 0 Å². The SMILES string of the molecule is CNCc1sccc1S(=O)(=O)N1CCCC(C(F)(F)F)C1. The normalized spacial score (nSPS) is 21.6. The van der Waals surface area contributed by atoms with Crippen LogP contribution in [0.25, 0.3) is 0 Å². The van der Waals surface area contributed by atoms with Gasteiger partial charge in [-0.1, -0.05) is 0 Å². The van der Waals surface area contributed by atoms with Crippen molar-refractivity contribution in [1.29, 1.82) is 0 Å². The fraction of sp³-hybridized carbons (Fsp3) is 0.667. The first-order valence-corrected chi connectivity index (χ1v) is 8.86. The Morgan fingerprint density at radius 1 is 1.48 bits per heavy atom. The maximum atomic E-state index is 12.8. The number of thiophene rings is 1. The second kappa shape index (κ2) is 6.23. The molecule has 0 aliphatic carbocycles. The van der Waals surface area contributed by atoms with Crippen molar-refractivity contribution in [3.8, 4) is 0 Å². The molecule has 2 heterocycles. The summed E-state index contributed by atoms with van der Waals surface area (Å²) in [5.74, 6) is -1.58. The van der Waals surface area contributed by atoms with Gasteiger partial charge in [0.1, 0.15) is 0 Å². The van der Waals surface area contributed by atoms with E-state index < -0.39 is 28.7 Å². The molecular formula is C12H17F3N2O2S2. The predicted octanol–water partition coefficient (Wildman–Crippen LogP) is 2.43. The van der Waals surface area contributed by atoms with Crippen LogP contribution < -0.4 is 5.32 Å². The number of alkyl halides is 3. The van der Waals surface area contributed by atoms with E-state index >= 15 is 0 Å².